The van der Waals surface area contributed by atoms with E-state index in [1.165, 1.54) is 0 Å². The number of carbonyl (C=O) groups excluding carboxylic acids is 2. The van der Waals surface area contributed by atoms with Gasteiger partial charge in [0, 0.05) is 35.9 Å². The number of hydrogen-bond acceptors (Lipinski definition) is 7. The standard InChI is InChI=1S/C32H30FN7O3/c1-19-36-38-40(37-19)30(20-5-3-2-4-6-20)21-10-13-39(14-11-21)32(42)27-16-22(9-12-34-27)29-17-23-15-24(7-8-28(23)43-29)35-31(41)25-18-26(25)33/h2-9,12,15-17,21,25-26,30H,10-11,13-14,18H2,1H3,(H,35,41)/t25-,26+,30?/m1/s1. The Morgan fingerprint density at radius 3 is 2.56 bits per heavy atom. The number of piperidine rings is 1. The maximum Gasteiger partial charge on any atom is 0.272 e. The number of tetrazole rings is 1. The highest BCUT2D eigenvalue weighted by molar-refractivity contribution is 5.97. The molecule has 1 unspecified atom stereocenters. The van der Waals surface area contributed by atoms with Crippen LogP contribution in [-0.4, -0.2) is 61.2 Å². The van der Waals surface area contributed by atoms with Gasteiger partial charge in [0.05, 0.1) is 5.92 Å². The van der Waals surface area contributed by atoms with Crippen molar-refractivity contribution in [2.75, 3.05) is 18.4 Å². The van der Waals surface area contributed by atoms with E-state index in [2.05, 4.69) is 37.8 Å². The van der Waals surface area contributed by atoms with Gasteiger partial charge in [0.2, 0.25) is 5.91 Å². The average Bonchev–Trinajstić information content (AvgIpc) is 3.39. The Labute approximate surface area is 246 Å². The van der Waals surface area contributed by atoms with Gasteiger partial charge in [-0.1, -0.05) is 30.3 Å². The van der Waals surface area contributed by atoms with Crippen LogP contribution in [0.4, 0.5) is 10.1 Å². The van der Waals surface area contributed by atoms with Crippen LogP contribution in [0.25, 0.3) is 22.3 Å². The molecule has 1 saturated heterocycles. The first kappa shape index (κ1) is 26.9. The number of anilines is 1. The van der Waals surface area contributed by atoms with Crippen molar-refractivity contribution in [1.82, 2.24) is 30.1 Å². The van der Waals surface area contributed by atoms with E-state index in [9.17, 15) is 14.0 Å². The molecule has 1 N–H and O–H groups in total. The second-order valence-corrected chi connectivity index (χ2v) is 11.3. The van der Waals surface area contributed by atoms with Crippen LogP contribution in [0.2, 0.25) is 0 Å². The Hall–Kier alpha value is -4.93. The van der Waals surface area contributed by atoms with E-state index in [4.69, 9.17) is 4.42 Å². The van der Waals surface area contributed by atoms with Crippen LogP contribution in [-0.2, 0) is 4.79 Å². The lowest BCUT2D eigenvalue weighted by Crippen LogP contribution is -2.41. The van der Waals surface area contributed by atoms with Crippen molar-refractivity contribution in [1.29, 1.82) is 0 Å². The first-order valence-electron chi connectivity index (χ1n) is 14.5. The van der Waals surface area contributed by atoms with Crippen LogP contribution in [0.3, 0.4) is 0 Å². The summed E-state index contributed by atoms with van der Waals surface area (Å²) in [5.41, 5.74) is 3.42. The van der Waals surface area contributed by atoms with Gasteiger partial charge in [-0.2, -0.15) is 4.80 Å². The van der Waals surface area contributed by atoms with Gasteiger partial charge >= 0.3 is 0 Å². The number of nitrogens with zero attached hydrogens (tertiary/aromatic N) is 6. The maximum atomic E-state index is 13.5. The van der Waals surface area contributed by atoms with E-state index in [1.807, 2.05) is 36.1 Å². The number of aryl methyl sites for hydroxylation is 1. The minimum atomic E-state index is -1.05. The van der Waals surface area contributed by atoms with Crippen LogP contribution < -0.4 is 5.32 Å². The number of benzene rings is 2. The quantitative estimate of drug-likeness (QED) is 0.281. The van der Waals surface area contributed by atoms with Gasteiger partial charge in [-0.25, -0.2) is 4.39 Å². The molecule has 1 aliphatic heterocycles. The number of nitrogens with one attached hydrogen (secondary N) is 1. The molecular weight excluding hydrogens is 549 g/mol. The summed E-state index contributed by atoms with van der Waals surface area (Å²) in [6.07, 6.45) is 2.43. The predicted octanol–water partition coefficient (Wildman–Crippen LogP) is 5.23. The van der Waals surface area contributed by atoms with Crippen molar-refractivity contribution < 1.29 is 18.4 Å². The first-order chi connectivity index (χ1) is 20.9. The Morgan fingerprint density at radius 1 is 1.05 bits per heavy atom. The molecule has 5 aromatic rings. The third-order valence-electron chi connectivity index (χ3n) is 8.29. The molecule has 10 nitrogen and oxygen atoms in total. The Bertz CT molecular complexity index is 1800. The normalized spacial score (nSPS) is 19.3. The third-order valence-corrected chi connectivity index (χ3v) is 8.29. The number of likely N-dealkylation sites (tertiary alicyclic amines) is 1. The highest BCUT2D eigenvalue weighted by Crippen LogP contribution is 2.36. The number of alkyl halides is 1. The van der Waals surface area contributed by atoms with Crippen LogP contribution in [0, 0.1) is 18.8 Å². The van der Waals surface area contributed by atoms with Crippen molar-refractivity contribution >= 4 is 28.5 Å². The predicted molar refractivity (Wildman–Crippen MR) is 157 cm³/mol. The summed E-state index contributed by atoms with van der Waals surface area (Å²) in [5.74, 6) is 0.458. The molecule has 0 spiro atoms. The smallest absolute Gasteiger partial charge is 0.272 e. The molecule has 3 aromatic heterocycles. The molecule has 43 heavy (non-hydrogen) atoms. The number of halogens is 1. The molecular formula is C32H30FN7O3. The largest absolute Gasteiger partial charge is 0.456 e. The van der Waals surface area contributed by atoms with Crippen LogP contribution in [0.15, 0.2) is 77.3 Å². The second kappa shape index (κ2) is 11.0. The molecule has 0 radical (unpaired) electrons. The molecule has 11 heteroatoms. The van der Waals surface area contributed by atoms with Gasteiger partial charge in [0.25, 0.3) is 5.91 Å². The summed E-state index contributed by atoms with van der Waals surface area (Å²) < 4.78 is 19.3. The van der Waals surface area contributed by atoms with Crippen LogP contribution in [0.1, 0.15) is 47.2 Å². The Morgan fingerprint density at radius 2 is 1.84 bits per heavy atom. The molecule has 1 saturated carbocycles. The van der Waals surface area contributed by atoms with Crippen LogP contribution >= 0.6 is 0 Å². The number of amides is 2. The lowest BCUT2D eigenvalue weighted by atomic mass is 9.85. The fourth-order valence-corrected chi connectivity index (χ4v) is 5.88. The zero-order chi connectivity index (χ0) is 29.5. The molecule has 0 bridgehead atoms. The molecule has 2 amide bonds. The third kappa shape index (κ3) is 5.50. The van der Waals surface area contributed by atoms with E-state index in [0.29, 0.717) is 41.6 Å². The molecule has 2 fully saturated rings. The topological polar surface area (TPSA) is 119 Å². The van der Waals surface area contributed by atoms with Crippen molar-refractivity contribution in [3.63, 3.8) is 0 Å². The fourth-order valence-electron chi connectivity index (χ4n) is 5.88. The minimum Gasteiger partial charge on any atom is -0.456 e. The fraction of sp³-hybridized carbons (Fsp3) is 0.312. The van der Waals surface area contributed by atoms with Gasteiger partial charge in [0.15, 0.2) is 5.82 Å². The second-order valence-electron chi connectivity index (χ2n) is 11.3. The zero-order valence-corrected chi connectivity index (χ0v) is 23.6. The van der Waals surface area contributed by atoms with Gasteiger partial charge in [-0.05, 0) is 79.3 Å². The molecule has 4 heterocycles. The summed E-state index contributed by atoms with van der Waals surface area (Å²) >= 11 is 0. The Kier molecular flexibility index (Phi) is 6.92. The van der Waals surface area contributed by atoms with Gasteiger partial charge in [-0.15, -0.1) is 10.2 Å². The number of pyridine rings is 1. The monoisotopic (exact) mass is 579 g/mol. The number of rotatable bonds is 7. The lowest BCUT2D eigenvalue weighted by Gasteiger charge is -2.35. The molecule has 218 valence electrons. The van der Waals surface area contributed by atoms with Crippen LogP contribution in [0.5, 0.6) is 0 Å². The molecule has 3 atom stereocenters. The average molecular weight is 580 g/mol. The van der Waals surface area contributed by atoms with E-state index in [0.717, 1.165) is 29.4 Å². The summed E-state index contributed by atoms with van der Waals surface area (Å²) in [5, 5.41) is 16.5. The zero-order valence-electron chi connectivity index (χ0n) is 23.6. The molecule has 7 rings (SSSR count). The SMILES string of the molecule is Cc1nnn(C(c2ccccc2)C2CCN(C(=O)c3cc(-c4cc5cc(NC(=O)[C@@H]6C[C@@H]6F)ccc5o4)ccn3)CC2)n1. The minimum absolute atomic E-state index is 0.0580. The molecule has 2 aromatic carbocycles. The maximum absolute atomic E-state index is 13.5. The highest BCUT2D eigenvalue weighted by atomic mass is 19.1. The first-order valence-corrected chi connectivity index (χ1v) is 14.5. The molecule has 2 aliphatic rings. The van der Waals surface area contributed by atoms with E-state index in [-0.39, 0.29) is 30.2 Å². The van der Waals surface area contributed by atoms with E-state index < -0.39 is 12.1 Å². The lowest BCUT2D eigenvalue weighted by molar-refractivity contribution is -0.117. The van der Waals surface area contributed by atoms with Crippen molar-refractivity contribution in [2.24, 2.45) is 11.8 Å². The molecule has 1 aliphatic carbocycles. The highest BCUT2D eigenvalue weighted by Gasteiger charge is 2.43. The number of fused-ring (bicyclic) bond motifs is 1. The van der Waals surface area contributed by atoms with Crippen molar-refractivity contribution in [3.05, 3.63) is 90.0 Å². The summed E-state index contributed by atoms with van der Waals surface area (Å²) in [7, 11) is 0. The van der Waals surface area contributed by atoms with E-state index >= 15 is 0 Å². The summed E-state index contributed by atoms with van der Waals surface area (Å²) in [4.78, 5) is 33.6. The van der Waals surface area contributed by atoms with Gasteiger partial charge in [0.1, 0.15) is 29.3 Å². The van der Waals surface area contributed by atoms with E-state index in [1.54, 1.807) is 41.3 Å². The number of furan rings is 1. The number of carbonyl (C=O) groups is 2. The number of hydrogen-bond donors (Lipinski definition) is 1. The van der Waals surface area contributed by atoms with Gasteiger partial charge < -0.3 is 14.6 Å². The summed E-state index contributed by atoms with van der Waals surface area (Å²) in [6, 6.07) is 20.8. The Balaban J connectivity index is 1.05. The van der Waals surface area contributed by atoms with Gasteiger partial charge in [-0.3, -0.25) is 14.6 Å². The summed E-state index contributed by atoms with van der Waals surface area (Å²) in [6.45, 7) is 3.01. The van der Waals surface area contributed by atoms with Crippen molar-refractivity contribution in [2.45, 2.75) is 38.4 Å². The number of aromatic nitrogens is 5. The van der Waals surface area contributed by atoms with Crippen molar-refractivity contribution in [3.8, 4) is 11.3 Å².